The van der Waals surface area contributed by atoms with Crippen molar-refractivity contribution in [3.05, 3.63) is 24.3 Å². The van der Waals surface area contributed by atoms with Crippen molar-refractivity contribution in [3.8, 4) is 0 Å². The van der Waals surface area contributed by atoms with Crippen LogP contribution in [0.3, 0.4) is 0 Å². The molecule has 0 heterocycles. The Balaban J connectivity index is 4.15. The summed E-state index contributed by atoms with van der Waals surface area (Å²) in [7, 11) is 0. The van der Waals surface area contributed by atoms with E-state index in [2.05, 4.69) is 45.1 Å². The number of unbranched alkanes of at least 4 members (excludes halogenated alkanes) is 53. The second-order valence-corrected chi connectivity index (χ2v) is 24.9. The first-order chi connectivity index (χ1) is 39.5. The molecule has 0 aliphatic carbocycles. The van der Waals surface area contributed by atoms with Crippen molar-refractivity contribution in [2.45, 2.75) is 419 Å². The predicted octanol–water partition coefficient (Wildman–Crippen LogP) is 25.0. The van der Waals surface area contributed by atoms with Crippen molar-refractivity contribution < 1.29 is 28.6 Å². The number of hydrogen-bond donors (Lipinski definition) is 0. The van der Waals surface area contributed by atoms with E-state index in [0.717, 1.165) is 64.2 Å². The number of carbonyl (C=O) groups is 3. The van der Waals surface area contributed by atoms with Crippen LogP contribution in [0.25, 0.3) is 0 Å². The van der Waals surface area contributed by atoms with Crippen molar-refractivity contribution in [1.82, 2.24) is 0 Å². The van der Waals surface area contributed by atoms with E-state index in [1.165, 1.54) is 308 Å². The highest BCUT2D eigenvalue weighted by molar-refractivity contribution is 5.71. The second-order valence-electron chi connectivity index (χ2n) is 24.9. The first-order valence-electron chi connectivity index (χ1n) is 36.3. The van der Waals surface area contributed by atoms with Crippen LogP contribution < -0.4 is 0 Å². The Morgan fingerprint density at radius 1 is 0.250 bits per heavy atom. The zero-order chi connectivity index (χ0) is 57.8. The smallest absolute Gasteiger partial charge is 0.306 e. The molecule has 0 saturated carbocycles. The minimum Gasteiger partial charge on any atom is -0.462 e. The summed E-state index contributed by atoms with van der Waals surface area (Å²) in [4.78, 5) is 38.4. The quantitative estimate of drug-likeness (QED) is 0.0261. The number of allylic oxidation sites excluding steroid dienone is 4. The van der Waals surface area contributed by atoms with Crippen LogP contribution in [0.15, 0.2) is 24.3 Å². The van der Waals surface area contributed by atoms with Crippen molar-refractivity contribution in [3.63, 3.8) is 0 Å². The van der Waals surface area contributed by atoms with Gasteiger partial charge >= 0.3 is 17.9 Å². The fraction of sp³-hybridized carbons (Fsp3) is 0.905. The molecule has 0 aromatic carbocycles. The zero-order valence-electron chi connectivity index (χ0n) is 54.4. The number of ether oxygens (including phenoxy) is 3. The minimum atomic E-state index is -0.768. The van der Waals surface area contributed by atoms with Gasteiger partial charge in [-0.25, -0.2) is 0 Å². The highest BCUT2D eigenvalue weighted by atomic mass is 16.6. The molecule has 0 rings (SSSR count). The van der Waals surface area contributed by atoms with Gasteiger partial charge in [0.05, 0.1) is 0 Å². The van der Waals surface area contributed by atoms with Gasteiger partial charge < -0.3 is 14.2 Å². The fourth-order valence-electron chi connectivity index (χ4n) is 11.2. The van der Waals surface area contributed by atoms with E-state index < -0.39 is 6.10 Å². The lowest BCUT2D eigenvalue weighted by Crippen LogP contribution is -2.30. The van der Waals surface area contributed by atoms with Crippen molar-refractivity contribution in [1.29, 1.82) is 0 Å². The van der Waals surface area contributed by atoms with Gasteiger partial charge in [0.1, 0.15) is 13.2 Å². The van der Waals surface area contributed by atoms with Crippen LogP contribution in [0.4, 0.5) is 0 Å². The van der Waals surface area contributed by atoms with Crippen molar-refractivity contribution in [2.24, 2.45) is 0 Å². The summed E-state index contributed by atoms with van der Waals surface area (Å²) in [6, 6.07) is 0. The van der Waals surface area contributed by atoms with Gasteiger partial charge in [0, 0.05) is 19.3 Å². The Bertz CT molecular complexity index is 1290. The van der Waals surface area contributed by atoms with Crippen LogP contribution in [0, 0.1) is 0 Å². The monoisotopic (exact) mass is 1130 g/mol. The number of hydrogen-bond acceptors (Lipinski definition) is 6. The van der Waals surface area contributed by atoms with E-state index in [-0.39, 0.29) is 31.1 Å². The van der Waals surface area contributed by atoms with Crippen LogP contribution in [0.1, 0.15) is 412 Å². The molecule has 0 radical (unpaired) electrons. The lowest BCUT2D eigenvalue weighted by molar-refractivity contribution is -0.167. The van der Waals surface area contributed by atoms with Gasteiger partial charge in [-0.15, -0.1) is 0 Å². The van der Waals surface area contributed by atoms with Crippen LogP contribution in [-0.2, 0) is 28.6 Å². The molecule has 0 aromatic rings. The first kappa shape index (κ1) is 77.9. The Morgan fingerprint density at radius 2 is 0.450 bits per heavy atom. The van der Waals surface area contributed by atoms with Gasteiger partial charge in [-0.2, -0.15) is 0 Å². The van der Waals surface area contributed by atoms with Crippen LogP contribution in [0.5, 0.6) is 0 Å². The van der Waals surface area contributed by atoms with E-state index in [1.54, 1.807) is 0 Å². The second kappa shape index (κ2) is 69.4. The molecular formula is C74H140O6. The molecule has 6 heteroatoms. The maximum absolute atomic E-state index is 12.9. The van der Waals surface area contributed by atoms with E-state index in [0.29, 0.717) is 19.3 Å². The molecule has 0 saturated heterocycles. The van der Waals surface area contributed by atoms with E-state index in [4.69, 9.17) is 14.2 Å². The summed E-state index contributed by atoms with van der Waals surface area (Å²) >= 11 is 0. The Morgan fingerprint density at radius 3 is 0.688 bits per heavy atom. The molecule has 0 spiro atoms. The van der Waals surface area contributed by atoms with Crippen LogP contribution in [-0.4, -0.2) is 37.2 Å². The molecule has 0 aliphatic rings. The minimum absolute atomic E-state index is 0.0645. The zero-order valence-corrected chi connectivity index (χ0v) is 54.4. The number of carbonyl (C=O) groups excluding carboxylic acids is 3. The molecule has 0 N–H and O–H groups in total. The molecule has 0 aliphatic heterocycles. The number of esters is 3. The lowest BCUT2D eigenvalue weighted by Gasteiger charge is -2.18. The molecule has 0 aromatic heterocycles. The topological polar surface area (TPSA) is 78.9 Å². The average Bonchev–Trinajstić information content (AvgIpc) is 3.46. The van der Waals surface area contributed by atoms with Crippen molar-refractivity contribution >= 4 is 17.9 Å². The van der Waals surface area contributed by atoms with E-state index >= 15 is 0 Å². The molecular weight excluding hydrogens is 985 g/mol. The van der Waals surface area contributed by atoms with E-state index in [9.17, 15) is 14.4 Å². The van der Waals surface area contributed by atoms with Gasteiger partial charge in [0.25, 0.3) is 0 Å². The van der Waals surface area contributed by atoms with Gasteiger partial charge in [-0.05, 0) is 51.4 Å². The molecule has 0 bridgehead atoms. The van der Waals surface area contributed by atoms with Crippen molar-refractivity contribution in [2.75, 3.05) is 13.2 Å². The standard InChI is InChI=1S/C74H140O6/c1-4-7-10-13-16-19-22-24-26-28-30-32-34-36-38-39-41-43-45-47-49-52-55-58-61-64-67-73(76)79-70-71(69-78-72(75)66-63-60-57-54-51-21-18-15-12-9-6-3)80-74(77)68-65-62-59-56-53-50-48-46-44-42-40-37-35-33-31-29-27-25-23-20-17-14-11-8-5-2/h23,25,29,31,71H,4-22,24,26-28,30,32-70H2,1-3H3/b25-23-,31-29-. The van der Waals surface area contributed by atoms with Crippen LogP contribution in [0.2, 0.25) is 0 Å². The Labute approximate surface area is 500 Å². The third kappa shape index (κ3) is 66.7. The first-order valence-corrected chi connectivity index (χ1v) is 36.3. The third-order valence-corrected chi connectivity index (χ3v) is 16.7. The molecule has 0 fully saturated rings. The van der Waals surface area contributed by atoms with Gasteiger partial charge in [-0.1, -0.05) is 366 Å². The Hall–Kier alpha value is -2.11. The normalized spacial score (nSPS) is 12.1. The fourth-order valence-corrected chi connectivity index (χ4v) is 11.2. The maximum Gasteiger partial charge on any atom is 0.306 e. The highest BCUT2D eigenvalue weighted by Crippen LogP contribution is 2.19. The summed E-state index contributed by atoms with van der Waals surface area (Å²) in [5.74, 6) is -0.833. The third-order valence-electron chi connectivity index (χ3n) is 16.7. The van der Waals surface area contributed by atoms with Gasteiger partial charge in [0.2, 0.25) is 0 Å². The maximum atomic E-state index is 12.9. The largest absolute Gasteiger partial charge is 0.462 e. The average molecular weight is 1130 g/mol. The summed E-state index contributed by atoms with van der Waals surface area (Å²) in [5.41, 5.74) is 0. The summed E-state index contributed by atoms with van der Waals surface area (Å²) in [6.07, 6.45) is 85.1. The summed E-state index contributed by atoms with van der Waals surface area (Å²) in [6.45, 7) is 6.71. The number of rotatable bonds is 68. The summed E-state index contributed by atoms with van der Waals surface area (Å²) in [5, 5.41) is 0. The molecule has 1 atom stereocenters. The Kier molecular flexibility index (Phi) is 67.6. The van der Waals surface area contributed by atoms with Gasteiger partial charge in [0.15, 0.2) is 6.10 Å². The molecule has 1 unspecified atom stereocenters. The summed E-state index contributed by atoms with van der Waals surface area (Å²) < 4.78 is 17.0. The van der Waals surface area contributed by atoms with Crippen LogP contribution >= 0.6 is 0 Å². The molecule has 6 nitrogen and oxygen atoms in total. The molecule has 80 heavy (non-hydrogen) atoms. The lowest BCUT2D eigenvalue weighted by atomic mass is 10.0. The SMILES string of the molecule is CCCCCCC/C=C\C/C=C\CCCCCCCCCCCCCCCC(=O)OC(COC(=O)CCCCCCCCCCCCC)COC(=O)CCCCCCCCCCCCCCCCCCCCCCCCCCCC. The highest BCUT2D eigenvalue weighted by Gasteiger charge is 2.19. The van der Waals surface area contributed by atoms with E-state index in [1.807, 2.05) is 0 Å². The molecule has 0 amide bonds. The van der Waals surface area contributed by atoms with Gasteiger partial charge in [-0.3, -0.25) is 14.4 Å². The molecule has 472 valence electrons. The predicted molar refractivity (Wildman–Crippen MR) is 349 cm³/mol.